The van der Waals surface area contributed by atoms with Crippen LogP contribution in [0.2, 0.25) is 0 Å². The lowest BCUT2D eigenvalue weighted by Gasteiger charge is -2.40. The Kier molecular flexibility index (Phi) is 4.77. The first-order chi connectivity index (χ1) is 12.7. The molecule has 1 aromatic carbocycles. The molecule has 1 aliphatic heterocycles. The molecule has 136 valence electrons. The summed E-state index contributed by atoms with van der Waals surface area (Å²) in [5.74, 6) is 0.506. The minimum absolute atomic E-state index is 0.149. The molecule has 0 bridgehead atoms. The first-order valence-electron chi connectivity index (χ1n) is 9.61. The van der Waals surface area contributed by atoms with Crippen LogP contribution in [0.4, 0.5) is 0 Å². The number of fused-ring (bicyclic) bond motifs is 2. The fraction of sp³-hybridized carbons (Fsp3) is 0.455. The van der Waals surface area contributed by atoms with Gasteiger partial charge in [0.05, 0.1) is 0 Å². The van der Waals surface area contributed by atoms with Crippen molar-refractivity contribution in [1.82, 2.24) is 15.2 Å². The fourth-order valence-corrected chi connectivity index (χ4v) is 4.90. The van der Waals surface area contributed by atoms with Crippen molar-refractivity contribution in [1.29, 1.82) is 0 Å². The van der Waals surface area contributed by atoms with Gasteiger partial charge in [0.1, 0.15) is 0 Å². The van der Waals surface area contributed by atoms with Crippen molar-refractivity contribution in [3.63, 3.8) is 0 Å². The largest absolute Gasteiger partial charge is 0.359 e. The van der Waals surface area contributed by atoms with Crippen molar-refractivity contribution >= 4 is 5.91 Å². The maximum absolute atomic E-state index is 12.0. The Bertz CT molecular complexity index is 766. The molecule has 1 amide bonds. The average molecular weight is 349 g/mol. The van der Waals surface area contributed by atoms with Crippen molar-refractivity contribution in [3.05, 3.63) is 65.5 Å². The Hall–Kier alpha value is -2.20. The molecule has 4 heteroatoms. The number of nitrogens with one attached hydrogen (secondary N) is 1. The second-order valence-electron chi connectivity index (χ2n) is 7.78. The van der Waals surface area contributed by atoms with E-state index in [1.165, 1.54) is 29.5 Å². The van der Waals surface area contributed by atoms with E-state index in [2.05, 4.69) is 45.5 Å². The first kappa shape index (κ1) is 17.2. The second kappa shape index (κ2) is 7.20. The molecule has 2 aromatic rings. The molecule has 1 spiro atoms. The van der Waals surface area contributed by atoms with Crippen molar-refractivity contribution in [3.8, 4) is 0 Å². The highest BCUT2D eigenvalue weighted by atomic mass is 16.1. The van der Waals surface area contributed by atoms with Gasteiger partial charge >= 0.3 is 0 Å². The Morgan fingerprint density at radius 1 is 1.23 bits per heavy atom. The van der Waals surface area contributed by atoms with Crippen LogP contribution in [0.5, 0.6) is 0 Å². The van der Waals surface area contributed by atoms with Crippen molar-refractivity contribution < 1.29 is 4.79 Å². The van der Waals surface area contributed by atoms with Crippen molar-refractivity contribution in [2.24, 2.45) is 0 Å². The second-order valence-corrected chi connectivity index (χ2v) is 7.78. The summed E-state index contributed by atoms with van der Waals surface area (Å²) in [4.78, 5) is 18.7. The van der Waals surface area contributed by atoms with Gasteiger partial charge < -0.3 is 5.32 Å². The van der Waals surface area contributed by atoms with Gasteiger partial charge in [-0.25, -0.2) is 0 Å². The molecule has 0 saturated carbocycles. The normalized spacial score (nSPS) is 21.5. The zero-order valence-corrected chi connectivity index (χ0v) is 15.4. The van der Waals surface area contributed by atoms with E-state index in [9.17, 15) is 4.79 Å². The van der Waals surface area contributed by atoms with E-state index in [0.29, 0.717) is 12.3 Å². The summed E-state index contributed by atoms with van der Waals surface area (Å²) in [6.07, 6.45) is 7.86. The van der Waals surface area contributed by atoms with Crippen LogP contribution in [0.1, 0.15) is 48.3 Å². The number of hydrogen-bond donors (Lipinski definition) is 1. The molecule has 2 aliphatic rings. The van der Waals surface area contributed by atoms with E-state index in [1.807, 2.05) is 18.5 Å². The van der Waals surface area contributed by atoms with Gasteiger partial charge in [0.15, 0.2) is 0 Å². The van der Waals surface area contributed by atoms with Crippen LogP contribution in [-0.4, -0.2) is 35.9 Å². The number of carbonyl (C=O) groups excluding carboxylic acids is 1. The van der Waals surface area contributed by atoms with E-state index in [-0.39, 0.29) is 11.3 Å². The summed E-state index contributed by atoms with van der Waals surface area (Å²) in [7, 11) is 1.73. The summed E-state index contributed by atoms with van der Waals surface area (Å²) in [6, 6.07) is 13.0. The summed E-state index contributed by atoms with van der Waals surface area (Å²) in [6.45, 7) is 3.19. The molecule has 1 atom stereocenters. The zero-order chi connectivity index (χ0) is 18.0. The van der Waals surface area contributed by atoms with Crippen LogP contribution in [0.3, 0.4) is 0 Å². The topological polar surface area (TPSA) is 45.2 Å². The van der Waals surface area contributed by atoms with E-state index in [4.69, 9.17) is 0 Å². The molecule has 1 aromatic heterocycles. The SMILES string of the molecule is CNC(=O)C[C@@H]1CC2(CCN(Cc3cccnc3)CC2)c2ccccc21. The zero-order valence-electron chi connectivity index (χ0n) is 15.4. The van der Waals surface area contributed by atoms with Crippen LogP contribution >= 0.6 is 0 Å². The number of nitrogens with zero attached hydrogens (tertiary/aromatic N) is 2. The molecule has 4 nitrogen and oxygen atoms in total. The van der Waals surface area contributed by atoms with Crippen LogP contribution in [0, 0.1) is 0 Å². The van der Waals surface area contributed by atoms with Crippen LogP contribution < -0.4 is 5.32 Å². The van der Waals surface area contributed by atoms with Crippen LogP contribution in [0.15, 0.2) is 48.8 Å². The third-order valence-electron chi connectivity index (χ3n) is 6.26. The van der Waals surface area contributed by atoms with Gasteiger partial charge in [-0.05, 0) is 66.4 Å². The maximum atomic E-state index is 12.0. The summed E-state index contributed by atoms with van der Waals surface area (Å²) < 4.78 is 0. The van der Waals surface area contributed by atoms with Crippen molar-refractivity contribution in [2.75, 3.05) is 20.1 Å². The predicted octanol–water partition coefficient (Wildman–Crippen LogP) is 3.24. The maximum Gasteiger partial charge on any atom is 0.220 e. The molecule has 1 fully saturated rings. The Morgan fingerprint density at radius 3 is 2.77 bits per heavy atom. The molecule has 2 heterocycles. The van der Waals surface area contributed by atoms with Gasteiger partial charge in [-0.1, -0.05) is 30.3 Å². The first-order valence-corrected chi connectivity index (χ1v) is 9.61. The molecular weight excluding hydrogens is 322 g/mol. The lowest BCUT2D eigenvalue weighted by molar-refractivity contribution is -0.121. The monoisotopic (exact) mass is 349 g/mol. The highest BCUT2D eigenvalue weighted by Gasteiger charge is 2.45. The number of carbonyl (C=O) groups is 1. The highest BCUT2D eigenvalue weighted by molar-refractivity contribution is 5.77. The third kappa shape index (κ3) is 3.26. The Morgan fingerprint density at radius 2 is 2.04 bits per heavy atom. The van der Waals surface area contributed by atoms with E-state index < -0.39 is 0 Å². The van der Waals surface area contributed by atoms with Gasteiger partial charge in [0, 0.05) is 32.4 Å². The summed E-state index contributed by atoms with van der Waals surface area (Å²) in [5.41, 5.74) is 4.43. The average Bonchev–Trinajstić information content (AvgIpc) is 2.98. The molecule has 26 heavy (non-hydrogen) atoms. The van der Waals surface area contributed by atoms with Crippen molar-refractivity contribution in [2.45, 2.75) is 43.6 Å². The lowest BCUT2D eigenvalue weighted by Crippen LogP contribution is -2.41. The summed E-state index contributed by atoms with van der Waals surface area (Å²) in [5, 5.41) is 2.80. The fourth-order valence-electron chi connectivity index (χ4n) is 4.90. The number of amides is 1. The van der Waals surface area contributed by atoms with Gasteiger partial charge in [-0.3, -0.25) is 14.7 Å². The Balaban J connectivity index is 1.48. The number of pyridine rings is 1. The number of rotatable bonds is 4. The molecule has 1 saturated heterocycles. The highest BCUT2D eigenvalue weighted by Crippen LogP contribution is 2.52. The smallest absolute Gasteiger partial charge is 0.220 e. The standard InChI is InChI=1S/C22H27N3O/c1-23-21(26)13-18-14-22(20-7-3-2-6-19(18)20)8-11-25(12-9-22)16-17-5-4-10-24-15-17/h2-7,10,15,18H,8-9,11-14,16H2,1H3,(H,23,26)/t18-/m1/s1. The molecule has 1 N–H and O–H groups in total. The van der Waals surface area contributed by atoms with Gasteiger partial charge in [-0.15, -0.1) is 0 Å². The molecule has 0 radical (unpaired) electrons. The van der Waals surface area contributed by atoms with E-state index in [0.717, 1.165) is 26.1 Å². The number of likely N-dealkylation sites (tertiary alicyclic amines) is 1. The number of aromatic nitrogens is 1. The molecule has 1 aliphatic carbocycles. The summed E-state index contributed by atoms with van der Waals surface area (Å²) >= 11 is 0. The van der Waals surface area contributed by atoms with Gasteiger partial charge in [-0.2, -0.15) is 0 Å². The minimum atomic E-state index is 0.149. The number of benzene rings is 1. The van der Waals surface area contributed by atoms with E-state index >= 15 is 0 Å². The van der Waals surface area contributed by atoms with E-state index in [1.54, 1.807) is 7.05 Å². The minimum Gasteiger partial charge on any atom is -0.359 e. The molecule has 0 unspecified atom stereocenters. The lowest BCUT2D eigenvalue weighted by atomic mass is 9.73. The number of hydrogen-bond acceptors (Lipinski definition) is 3. The van der Waals surface area contributed by atoms with Gasteiger partial charge in [0.25, 0.3) is 0 Å². The van der Waals surface area contributed by atoms with Crippen LogP contribution in [0.25, 0.3) is 0 Å². The quantitative estimate of drug-likeness (QED) is 0.922. The molecular formula is C22H27N3O. The predicted molar refractivity (Wildman–Crippen MR) is 103 cm³/mol. The van der Waals surface area contributed by atoms with Gasteiger partial charge in [0.2, 0.25) is 5.91 Å². The molecule has 4 rings (SSSR count). The number of piperidine rings is 1. The third-order valence-corrected chi connectivity index (χ3v) is 6.26. The Labute approximate surface area is 155 Å². The van der Waals surface area contributed by atoms with Crippen LogP contribution in [-0.2, 0) is 16.8 Å².